The van der Waals surface area contributed by atoms with Crippen molar-refractivity contribution in [2.45, 2.75) is 6.42 Å². The standard InChI is InChI=1S/C44H32N4/c1-2-6-15-35(14-5-1)42-46-43(36-16-7-3-8-17-36)48-44(47-42)37-26-24-34(25-27-37)41-38-18-11-10-13-31(38)28-29-39(41)32-20-22-33(23-21-32)40-19-9-4-12-30-45-40/h1-14,16-29H,15,30H2. The maximum atomic E-state index is 4.99. The van der Waals surface area contributed by atoms with Gasteiger partial charge in [-0.05, 0) is 51.1 Å². The molecule has 0 bridgehead atoms. The van der Waals surface area contributed by atoms with Crippen molar-refractivity contribution in [1.29, 1.82) is 0 Å². The molecular formula is C44H32N4. The van der Waals surface area contributed by atoms with Crippen molar-refractivity contribution in [3.63, 3.8) is 0 Å². The van der Waals surface area contributed by atoms with Gasteiger partial charge in [-0.25, -0.2) is 15.0 Å². The number of allylic oxidation sites excluding steroid dienone is 9. The Labute approximate surface area is 280 Å². The van der Waals surface area contributed by atoms with Gasteiger partial charge in [-0.2, -0.15) is 0 Å². The van der Waals surface area contributed by atoms with E-state index in [-0.39, 0.29) is 0 Å². The number of hydrogen-bond donors (Lipinski definition) is 0. The second-order valence-electron chi connectivity index (χ2n) is 11.8. The first kappa shape index (κ1) is 29.2. The first-order chi connectivity index (χ1) is 23.8. The largest absolute Gasteiger partial charge is 0.281 e. The summed E-state index contributed by atoms with van der Waals surface area (Å²) in [6.07, 6.45) is 19.3. The predicted octanol–water partition coefficient (Wildman–Crippen LogP) is 10.5. The van der Waals surface area contributed by atoms with Gasteiger partial charge in [0, 0.05) is 16.7 Å². The Balaban J connectivity index is 1.20. The first-order valence-corrected chi connectivity index (χ1v) is 16.3. The molecule has 228 valence electrons. The van der Waals surface area contributed by atoms with Gasteiger partial charge in [0.15, 0.2) is 17.5 Å². The van der Waals surface area contributed by atoms with E-state index < -0.39 is 0 Å². The molecule has 2 aliphatic rings. The zero-order valence-electron chi connectivity index (χ0n) is 26.4. The molecule has 0 fully saturated rings. The normalized spacial score (nSPS) is 14.0. The third-order valence-electron chi connectivity index (χ3n) is 8.67. The second-order valence-corrected chi connectivity index (χ2v) is 11.8. The fourth-order valence-electron chi connectivity index (χ4n) is 6.22. The van der Waals surface area contributed by atoms with E-state index in [0.717, 1.165) is 45.5 Å². The Kier molecular flexibility index (Phi) is 8.04. The van der Waals surface area contributed by atoms with Crippen molar-refractivity contribution in [1.82, 2.24) is 15.0 Å². The summed E-state index contributed by atoms with van der Waals surface area (Å²) in [6.45, 7) is 0.695. The second kappa shape index (κ2) is 13.2. The van der Waals surface area contributed by atoms with Gasteiger partial charge in [-0.15, -0.1) is 0 Å². The quantitative estimate of drug-likeness (QED) is 0.187. The van der Waals surface area contributed by atoms with Crippen molar-refractivity contribution in [3.8, 4) is 45.0 Å². The van der Waals surface area contributed by atoms with Crippen LogP contribution in [0.3, 0.4) is 0 Å². The predicted molar refractivity (Wildman–Crippen MR) is 200 cm³/mol. The molecule has 4 nitrogen and oxygen atoms in total. The first-order valence-electron chi connectivity index (χ1n) is 16.3. The van der Waals surface area contributed by atoms with Crippen molar-refractivity contribution in [2.24, 2.45) is 4.99 Å². The molecule has 0 saturated carbocycles. The average molecular weight is 617 g/mol. The van der Waals surface area contributed by atoms with Crippen molar-refractivity contribution < 1.29 is 0 Å². The van der Waals surface area contributed by atoms with Crippen LogP contribution in [-0.2, 0) is 0 Å². The van der Waals surface area contributed by atoms with E-state index in [1.165, 1.54) is 21.9 Å². The van der Waals surface area contributed by atoms with Gasteiger partial charge in [0.1, 0.15) is 0 Å². The highest BCUT2D eigenvalue weighted by molar-refractivity contribution is 6.09. The number of aromatic nitrogens is 3. The van der Waals surface area contributed by atoms with Crippen LogP contribution in [0.2, 0.25) is 0 Å². The van der Waals surface area contributed by atoms with Gasteiger partial charge < -0.3 is 0 Å². The summed E-state index contributed by atoms with van der Waals surface area (Å²) in [6, 6.07) is 40.5. The van der Waals surface area contributed by atoms with Gasteiger partial charge in [0.25, 0.3) is 0 Å². The zero-order valence-corrected chi connectivity index (χ0v) is 26.4. The van der Waals surface area contributed by atoms with Crippen LogP contribution in [0.25, 0.3) is 61.4 Å². The number of fused-ring (bicyclic) bond motifs is 1. The monoisotopic (exact) mass is 616 g/mol. The molecule has 1 aliphatic carbocycles. The molecule has 6 aromatic rings. The molecule has 1 aliphatic heterocycles. The Morgan fingerprint density at radius 3 is 1.96 bits per heavy atom. The van der Waals surface area contributed by atoms with Crippen LogP contribution >= 0.6 is 0 Å². The van der Waals surface area contributed by atoms with Crippen molar-refractivity contribution in [2.75, 3.05) is 6.54 Å². The maximum absolute atomic E-state index is 4.99. The van der Waals surface area contributed by atoms with Gasteiger partial charge >= 0.3 is 0 Å². The average Bonchev–Trinajstić information content (AvgIpc) is 3.61. The van der Waals surface area contributed by atoms with Gasteiger partial charge in [0.2, 0.25) is 0 Å². The fraction of sp³-hybridized carbons (Fsp3) is 0.0455. The lowest BCUT2D eigenvalue weighted by Gasteiger charge is -2.15. The van der Waals surface area contributed by atoms with Crippen LogP contribution in [-0.4, -0.2) is 27.2 Å². The molecular weight excluding hydrogens is 585 g/mol. The molecule has 0 saturated heterocycles. The number of rotatable bonds is 6. The highest BCUT2D eigenvalue weighted by Crippen LogP contribution is 2.39. The summed E-state index contributed by atoms with van der Waals surface area (Å²) in [4.78, 5) is 19.6. The van der Waals surface area contributed by atoms with Crippen LogP contribution in [0.4, 0.5) is 0 Å². The van der Waals surface area contributed by atoms with Gasteiger partial charge in [-0.3, -0.25) is 4.99 Å². The lowest BCUT2D eigenvalue weighted by molar-refractivity contribution is 1.02. The third-order valence-corrected chi connectivity index (χ3v) is 8.67. The van der Waals surface area contributed by atoms with E-state index in [0.29, 0.717) is 24.0 Å². The number of aliphatic imine (C=N–C) groups is 1. The highest BCUT2D eigenvalue weighted by atomic mass is 15.0. The molecule has 0 unspecified atom stereocenters. The summed E-state index contributed by atoms with van der Waals surface area (Å²) in [5.41, 5.74) is 9.76. The Morgan fingerprint density at radius 1 is 0.458 bits per heavy atom. The smallest absolute Gasteiger partial charge is 0.164 e. The molecule has 0 spiro atoms. The molecule has 0 N–H and O–H groups in total. The molecule has 5 aromatic carbocycles. The van der Waals surface area contributed by atoms with Crippen LogP contribution in [0.1, 0.15) is 17.8 Å². The van der Waals surface area contributed by atoms with Gasteiger partial charge in [0.05, 0.1) is 12.3 Å². The minimum Gasteiger partial charge on any atom is -0.281 e. The van der Waals surface area contributed by atoms with E-state index in [4.69, 9.17) is 19.9 Å². The molecule has 4 heteroatoms. The minimum absolute atomic E-state index is 0.655. The Hall–Kier alpha value is -6.26. The SMILES string of the molecule is C1=CC=C(c2nc(-c3ccccc3)nc(-c3ccc(-c4c(-c5ccc(C6=NCC=CC=C6)cc5)ccc5ccccc45)cc3)n2)CC=C1. The Bertz CT molecular complexity index is 2300. The lowest BCUT2D eigenvalue weighted by Crippen LogP contribution is -2.02. The number of hydrogen-bond acceptors (Lipinski definition) is 4. The molecule has 1 aromatic heterocycles. The summed E-state index contributed by atoms with van der Waals surface area (Å²) >= 11 is 0. The van der Waals surface area contributed by atoms with E-state index in [1.807, 2.05) is 54.6 Å². The topological polar surface area (TPSA) is 51.0 Å². The molecule has 2 heterocycles. The third kappa shape index (κ3) is 6.00. The minimum atomic E-state index is 0.655. The summed E-state index contributed by atoms with van der Waals surface area (Å²) in [5.74, 6) is 2.02. The number of benzene rings is 5. The van der Waals surface area contributed by atoms with Crippen molar-refractivity contribution >= 4 is 22.1 Å². The molecule has 48 heavy (non-hydrogen) atoms. The van der Waals surface area contributed by atoms with E-state index in [2.05, 4.69) is 115 Å². The molecule has 0 amide bonds. The Morgan fingerprint density at radius 2 is 1.12 bits per heavy atom. The molecule has 0 radical (unpaired) electrons. The fourth-order valence-corrected chi connectivity index (χ4v) is 6.22. The summed E-state index contributed by atoms with van der Waals surface area (Å²) in [5, 5.41) is 2.42. The van der Waals surface area contributed by atoms with Crippen LogP contribution in [0.15, 0.2) is 175 Å². The zero-order chi connectivity index (χ0) is 32.1. The summed E-state index contributed by atoms with van der Waals surface area (Å²) < 4.78 is 0. The highest BCUT2D eigenvalue weighted by Gasteiger charge is 2.16. The number of nitrogens with zero attached hydrogens (tertiary/aromatic N) is 4. The van der Waals surface area contributed by atoms with E-state index in [1.54, 1.807) is 0 Å². The van der Waals surface area contributed by atoms with Crippen LogP contribution in [0.5, 0.6) is 0 Å². The maximum Gasteiger partial charge on any atom is 0.164 e. The summed E-state index contributed by atoms with van der Waals surface area (Å²) in [7, 11) is 0. The molecule has 8 rings (SSSR count). The molecule has 0 atom stereocenters. The van der Waals surface area contributed by atoms with Crippen LogP contribution in [0, 0.1) is 0 Å². The van der Waals surface area contributed by atoms with E-state index in [9.17, 15) is 0 Å². The van der Waals surface area contributed by atoms with E-state index >= 15 is 0 Å². The lowest BCUT2D eigenvalue weighted by atomic mass is 9.89. The van der Waals surface area contributed by atoms with Gasteiger partial charge in [-0.1, -0.05) is 164 Å². The van der Waals surface area contributed by atoms with Crippen molar-refractivity contribution in [3.05, 3.63) is 181 Å². The van der Waals surface area contributed by atoms with Crippen LogP contribution < -0.4 is 0 Å².